The SMILES string of the molecule is Cc1cc(Cl)cc(Br)c1N/N=C(\C#N)C(=N)N. The molecule has 0 unspecified atom stereocenters. The number of benzene rings is 1. The maximum absolute atomic E-state index is 8.68. The molecule has 0 aromatic heterocycles. The monoisotopic (exact) mass is 313 g/mol. The quantitative estimate of drug-likeness (QED) is 0.454. The minimum absolute atomic E-state index is 0.175. The minimum Gasteiger partial charge on any atom is -0.382 e. The number of nitriles is 1. The van der Waals surface area contributed by atoms with Crippen molar-refractivity contribution in [1.29, 1.82) is 10.7 Å². The third-order valence-electron chi connectivity index (χ3n) is 1.89. The van der Waals surface area contributed by atoms with Crippen LogP contribution in [0.4, 0.5) is 5.69 Å². The molecule has 88 valence electrons. The van der Waals surface area contributed by atoms with E-state index in [1.807, 2.05) is 6.92 Å². The molecule has 0 amide bonds. The smallest absolute Gasteiger partial charge is 0.201 e. The molecule has 0 saturated heterocycles. The van der Waals surface area contributed by atoms with Crippen molar-refractivity contribution >= 4 is 44.8 Å². The summed E-state index contributed by atoms with van der Waals surface area (Å²) in [6.45, 7) is 1.84. The van der Waals surface area contributed by atoms with Crippen LogP contribution in [0.1, 0.15) is 5.56 Å². The average molecular weight is 315 g/mol. The number of nitrogens with two attached hydrogens (primary N) is 1. The van der Waals surface area contributed by atoms with Gasteiger partial charge in [0.2, 0.25) is 5.71 Å². The van der Waals surface area contributed by atoms with Crippen molar-refractivity contribution in [2.24, 2.45) is 10.8 Å². The van der Waals surface area contributed by atoms with Crippen molar-refractivity contribution in [2.75, 3.05) is 5.43 Å². The zero-order valence-electron chi connectivity index (χ0n) is 8.88. The van der Waals surface area contributed by atoms with Crippen LogP contribution in [0.25, 0.3) is 0 Å². The van der Waals surface area contributed by atoms with Gasteiger partial charge < -0.3 is 5.73 Å². The molecule has 0 aliphatic heterocycles. The second-order valence-corrected chi connectivity index (χ2v) is 4.47. The van der Waals surface area contributed by atoms with Gasteiger partial charge in [-0.2, -0.15) is 10.4 Å². The van der Waals surface area contributed by atoms with E-state index in [0.29, 0.717) is 15.2 Å². The van der Waals surface area contributed by atoms with Crippen LogP contribution in [0, 0.1) is 23.7 Å². The number of hydrazone groups is 1. The summed E-state index contributed by atoms with van der Waals surface area (Å²) in [5, 5.41) is 20.1. The fourth-order valence-electron chi connectivity index (χ4n) is 1.10. The van der Waals surface area contributed by atoms with Gasteiger partial charge >= 0.3 is 0 Å². The molecular formula is C10H9BrClN5. The Labute approximate surface area is 112 Å². The van der Waals surface area contributed by atoms with E-state index in [9.17, 15) is 0 Å². The van der Waals surface area contributed by atoms with Crippen molar-refractivity contribution in [2.45, 2.75) is 6.92 Å². The van der Waals surface area contributed by atoms with Crippen LogP contribution in [0.3, 0.4) is 0 Å². The lowest BCUT2D eigenvalue weighted by atomic mass is 10.2. The Morgan fingerprint density at radius 3 is 2.76 bits per heavy atom. The van der Waals surface area contributed by atoms with Gasteiger partial charge in [-0.1, -0.05) is 11.6 Å². The number of amidine groups is 1. The van der Waals surface area contributed by atoms with E-state index >= 15 is 0 Å². The highest BCUT2D eigenvalue weighted by Crippen LogP contribution is 2.29. The second kappa shape index (κ2) is 5.66. The summed E-state index contributed by atoms with van der Waals surface area (Å²) in [6.07, 6.45) is 0. The fraction of sp³-hybridized carbons (Fsp3) is 0.100. The van der Waals surface area contributed by atoms with E-state index in [4.69, 9.17) is 28.0 Å². The third-order valence-corrected chi connectivity index (χ3v) is 2.74. The summed E-state index contributed by atoms with van der Waals surface area (Å²) in [6, 6.07) is 5.17. The highest BCUT2D eigenvalue weighted by Gasteiger charge is 2.06. The predicted molar refractivity (Wildman–Crippen MR) is 72.5 cm³/mol. The Morgan fingerprint density at radius 2 is 2.29 bits per heavy atom. The van der Waals surface area contributed by atoms with Crippen LogP contribution >= 0.6 is 27.5 Å². The van der Waals surface area contributed by atoms with E-state index in [-0.39, 0.29) is 11.5 Å². The van der Waals surface area contributed by atoms with Crippen LogP contribution in [0.2, 0.25) is 5.02 Å². The Bertz CT molecular complexity index is 509. The molecule has 0 heterocycles. The molecule has 0 radical (unpaired) electrons. The molecule has 1 aromatic rings. The summed E-state index contributed by atoms with van der Waals surface area (Å²) < 4.78 is 0.715. The first-order valence-electron chi connectivity index (χ1n) is 4.49. The standard InChI is InChI=1S/C10H9BrClN5/c1-5-2-6(12)3-7(11)9(5)17-16-8(4-13)10(14)15/h2-3,17H,1H3,(H3,14,15)/b16-8+. The van der Waals surface area contributed by atoms with E-state index < -0.39 is 0 Å². The topological polar surface area (TPSA) is 98.0 Å². The van der Waals surface area contributed by atoms with Crippen LogP contribution < -0.4 is 11.2 Å². The van der Waals surface area contributed by atoms with Crippen LogP contribution in [0.15, 0.2) is 21.7 Å². The molecule has 0 saturated carbocycles. The lowest BCUT2D eigenvalue weighted by Crippen LogP contribution is -2.22. The van der Waals surface area contributed by atoms with Gasteiger partial charge in [-0.25, -0.2) is 0 Å². The molecule has 0 bridgehead atoms. The van der Waals surface area contributed by atoms with Crippen molar-refractivity contribution in [1.82, 2.24) is 0 Å². The fourth-order valence-corrected chi connectivity index (χ4v) is 2.15. The van der Waals surface area contributed by atoms with Gasteiger partial charge in [-0.3, -0.25) is 10.8 Å². The number of nitrogens with one attached hydrogen (secondary N) is 2. The normalized spacial score (nSPS) is 10.8. The van der Waals surface area contributed by atoms with Crippen molar-refractivity contribution in [3.63, 3.8) is 0 Å². The summed E-state index contributed by atoms with van der Waals surface area (Å²) >= 11 is 9.19. The van der Waals surface area contributed by atoms with Gasteiger partial charge in [0.25, 0.3) is 0 Å². The summed E-state index contributed by atoms with van der Waals surface area (Å²) in [7, 11) is 0. The summed E-state index contributed by atoms with van der Waals surface area (Å²) in [5.41, 5.74) is 9.20. The van der Waals surface area contributed by atoms with E-state index in [0.717, 1.165) is 5.56 Å². The van der Waals surface area contributed by atoms with Crippen molar-refractivity contribution < 1.29 is 0 Å². The van der Waals surface area contributed by atoms with Gasteiger partial charge in [-0.05, 0) is 40.5 Å². The number of aryl methyl sites for hydroxylation is 1. The largest absolute Gasteiger partial charge is 0.382 e. The van der Waals surface area contributed by atoms with Crippen LogP contribution in [0.5, 0.6) is 0 Å². The zero-order valence-corrected chi connectivity index (χ0v) is 11.2. The molecule has 7 heteroatoms. The predicted octanol–water partition coefficient (Wildman–Crippen LogP) is 2.64. The molecule has 0 aliphatic rings. The van der Waals surface area contributed by atoms with Gasteiger partial charge in [0.05, 0.1) is 5.69 Å². The first-order valence-corrected chi connectivity index (χ1v) is 5.66. The van der Waals surface area contributed by atoms with Gasteiger partial charge in [0.1, 0.15) is 6.07 Å². The van der Waals surface area contributed by atoms with E-state index in [1.54, 1.807) is 18.2 Å². The highest BCUT2D eigenvalue weighted by atomic mass is 79.9. The summed E-state index contributed by atoms with van der Waals surface area (Å²) in [4.78, 5) is 0. The molecular weight excluding hydrogens is 306 g/mol. The molecule has 4 N–H and O–H groups in total. The molecule has 0 aliphatic carbocycles. The molecule has 17 heavy (non-hydrogen) atoms. The summed E-state index contributed by atoms with van der Waals surface area (Å²) in [5.74, 6) is -0.386. The van der Waals surface area contributed by atoms with Crippen LogP contribution in [-0.2, 0) is 0 Å². The van der Waals surface area contributed by atoms with E-state index in [1.165, 1.54) is 0 Å². The minimum atomic E-state index is -0.386. The first kappa shape index (κ1) is 13.5. The van der Waals surface area contributed by atoms with Crippen molar-refractivity contribution in [3.05, 3.63) is 27.2 Å². The number of anilines is 1. The maximum Gasteiger partial charge on any atom is 0.201 e. The Balaban J connectivity index is 3.05. The average Bonchev–Trinajstić information content (AvgIpc) is 2.21. The number of hydrogen-bond acceptors (Lipinski definition) is 4. The van der Waals surface area contributed by atoms with Crippen LogP contribution in [-0.4, -0.2) is 11.5 Å². The lowest BCUT2D eigenvalue weighted by Gasteiger charge is -2.08. The maximum atomic E-state index is 8.68. The number of nitrogens with zero attached hydrogens (tertiary/aromatic N) is 2. The van der Waals surface area contributed by atoms with Gasteiger partial charge in [0, 0.05) is 9.50 Å². The Morgan fingerprint density at radius 1 is 1.65 bits per heavy atom. The molecule has 0 atom stereocenters. The lowest BCUT2D eigenvalue weighted by molar-refractivity contribution is 1.29. The highest BCUT2D eigenvalue weighted by molar-refractivity contribution is 9.10. The number of hydrogen-bond donors (Lipinski definition) is 3. The Kier molecular flexibility index (Phi) is 4.49. The molecule has 0 fully saturated rings. The molecule has 0 spiro atoms. The number of halogens is 2. The molecule has 5 nitrogen and oxygen atoms in total. The third kappa shape index (κ3) is 3.44. The van der Waals surface area contributed by atoms with Crippen molar-refractivity contribution in [3.8, 4) is 6.07 Å². The Hall–Kier alpha value is -1.58. The second-order valence-electron chi connectivity index (χ2n) is 3.18. The first-order chi connectivity index (χ1) is 7.95. The van der Waals surface area contributed by atoms with Gasteiger partial charge in [0.15, 0.2) is 5.84 Å². The van der Waals surface area contributed by atoms with E-state index in [2.05, 4.69) is 26.5 Å². The van der Waals surface area contributed by atoms with Gasteiger partial charge in [-0.15, -0.1) is 0 Å². The molecule has 1 rings (SSSR count). The number of rotatable bonds is 3. The molecule has 1 aromatic carbocycles. The zero-order chi connectivity index (χ0) is 13.0.